The molecule has 2 aromatic rings. The van der Waals surface area contributed by atoms with Gasteiger partial charge in [-0.25, -0.2) is 14.5 Å². The van der Waals surface area contributed by atoms with E-state index in [9.17, 15) is 4.79 Å². The van der Waals surface area contributed by atoms with E-state index in [0.29, 0.717) is 23.0 Å². The molecule has 88 valence electrons. The van der Waals surface area contributed by atoms with E-state index in [1.807, 2.05) is 6.92 Å². The fraction of sp³-hybridized carbons (Fsp3) is 0.182. The second kappa shape index (κ2) is 4.55. The van der Waals surface area contributed by atoms with E-state index in [4.69, 9.17) is 16.7 Å². The number of halogens is 1. The number of aromatic nitrogens is 3. The van der Waals surface area contributed by atoms with E-state index in [0.717, 1.165) is 0 Å². The molecular formula is C11H10ClN3O2. The molecule has 5 nitrogen and oxygen atoms in total. The van der Waals surface area contributed by atoms with Gasteiger partial charge in [-0.15, -0.1) is 0 Å². The molecule has 0 spiro atoms. The van der Waals surface area contributed by atoms with Gasteiger partial charge in [0.2, 0.25) is 0 Å². The van der Waals surface area contributed by atoms with Crippen molar-refractivity contribution in [1.82, 2.24) is 14.8 Å². The lowest BCUT2D eigenvalue weighted by Gasteiger charge is -2.06. The number of rotatable bonds is 3. The van der Waals surface area contributed by atoms with Gasteiger partial charge in [0.15, 0.2) is 5.82 Å². The van der Waals surface area contributed by atoms with Crippen molar-refractivity contribution in [3.05, 3.63) is 40.8 Å². The molecule has 1 N–H and O–H groups in total. The zero-order valence-corrected chi connectivity index (χ0v) is 9.85. The largest absolute Gasteiger partial charge is 0.478 e. The van der Waals surface area contributed by atoms with Gasteiger partial charge in [0, 0.05) is 6.20 Å². The summed E-state index contributed by atoms with van der Waals surface area (Å²) in [5.74, 6) is -0.557. The summed E-state index contributed by atoms with van der Waals surface area (Å²) in [5.41, 5.74) is 0.757. The molecule has 6 heteroatoms. The highest BCUT2D eigenvalue weighted by atomic mass is 35.5. The van der Waals surface area contributed by atoms with Crippen LogP contribution in [0.4, 0.5) is 0 Å². The Kier molecular flexibility index (Phi) is 3.10. The Balaban J connectivity index is 2.61. The van der Waals surface area contributed by atoms with Crippen LogP contribution in [-0.2, 0) is 6.42 Å². The first-order chi connectivity index (χ1) is 8.15. The molecule has 0 fully saturated rings. The topological polar surface area (TPSA) is 68.0 Å². The quantitative estimate of drug-likeness (QED) is 0.908. The van der Waals surface area contributed by atoms with Crippen LogP contribution >= 0.6 is 11.6 Å². The van der Waals surface area contributed by atoms with Crippen LogP contribution in [0, 0.1) is 0 Å². The first-order valence-corrected chi connectivity index (χ1v) is 5.44. The number of hydrogen-bond donors (Lipinski definition) is 1. The van der Waals surface area contributed by atoms with E-state index in [1.54, 1.807) is 18.3 Å². The molecule has 0 aromatic carbocycles. The molecule has 2 heterocycles. The van der Waals surface area contributed by atoms with Crippen molar-refractivity contribution in [3.63, 3.8) is 0 Å². The summed E-state index contributed by atoms with van der Waals surface area (Å²) >= 11 is 6.01. The number of carboxylic acid groups (broad SMARTS) is 1. The van der Waals surface area contributed by atoms with Crippen molar-refractivity contribution in [3.8, 4) is 5.82 Å². The number of carboxylic acids is 1. The Morgan fingerprint density at radius 3 is 2.94 bits per heavy atom. The van der Waals surface area contributed by atoms with Crippen LogP contribution in [0.25, 0.3) is 5.82 Å². The van der Waals surface area contributed by atoms with E-state index in [2.05, 4.69) is 10.1 Å². The van der Waals surface area contributed by atoms with Crippen LogP contribution in [-0.4, -0.2) is 25.8 Å². The monoisotopic (exact) mass is 251 g/mol. The molecule has 0 bridgehead atoms. The Morgan fingerprint density at radius 2 is 2.35 bits per heavy atom. The molecule has 0 saturated carbocycles. The van der Waals surface area contributed by atoms with Gasteiger partial charge < -0.3 is 5.11 Å². The molecule has 2 rings (SSSR count). The summed E-state index contributed by atoms with van der Waals surface area (Å²) in [4.78, 5) is 15.1. The number of aromatic carboxylic acids is 1. The maximum absolute atomic E-state index is 11.0. The van der Waals surface area contributed by atoms with Gasteiger partial charge in [0.25, 0.3) is 0 Å². The smallest absolute Gasteiger partial charge is 0.339 e. The molecular weight excluding hydrogens is 242 g/mol. The van der Waals surface area contributed by atoms with Crippen molar-refractivity contribution >= 4 is 17.6 Å². The van der Waals surface area contributed by atoms with Crippen LogP contribution in [0.3, 0.4) is 0 Å². The minimum absolute atomic E-state index is 0.175. The van der Waals surface area contributed by atoms with E-state index >= 15 is 0 Å². The second-order valence-electron chi connectivity index (χ2n) is 3.38. The van der Waals surface area contributed by atoms with Crippen LogP contribution in [0.2, 0.25) is 5.02 Å². The molecule has 0 atom stereocenters. The van der Waals surface area contributed by atoms with E-state index in [1.165, 1.54) is 10.9 Å². The predicted octanol–water partition coefficient (Wildman–Crippen LogP) is 2.18. The lowest BCUT2D eigenvalue weighted by Crippen LogP contribution is -2.07. The highest BCUT2D eigenvalue weighted by molar-refractivity contribution is 6.32. The number of carbonyl (C=O) groups is 1. The SMILES string of the molecule is CCc1c(C(=O)O)cnn1-c1ncccc1Cl. The highest BCUT2D eigenvalue weighted by Gasteiger charge is 2.17. The van der Waals surface area contributed by atoms with Crippen molar-refractivity contribution in [2.75, 3.05) is 0 Å². The predicted molar refractivity (Wildman–Crippen MR) is 62.7 cm³/mol. The first-order valence-electron chi connectivity index (χ1n) is 5.06. The lowest BCUT2D eigenvalue weighted by atomic mass is 10.2. The number of hydrogen-bond acceptors (Lipinski definition) is 3. The third kappa shape index (κ3) is 2.01. The van der Waals surface area contributed by atoms with Gasteiger partial charge in [-0.05, 0) is 18.6 Å². The van der Waals surface area contributed by atoms with E-state index in [-0.39, 0.29) is 5.56 Å². The van der Waals surface area contributed by atoms with Crippen molar-refractivity contribution < 1.29 is 9.90 Å². The molecule has 2 aromatic heterocycles. The van der Waals surface area contributed by atoms with Gasteiger partial charge in [0.05, 0.1) is 16.9 Å². The minimum atomic E-state index is -1.000. The van der Waals surface area contributed by atoms with Crippen LogP contribution < -0.4 is 0 Å². The van der Waals surface area contributed by atoms with Gasteiger partial charge in [-0.3, -0.25) is 0 Å². The van der Waals surface area contributed by atoms with Crippen molar-refractivity contribution in [1.29, 1.82) is 0 Å². The van der Waals surface area contributed by atoms with Gasteiger partial charge >= 0.3 is 5.97 Å². The lowest BCUT2D eigenvalue weighted by molar-refractivity contribution is 0.0695. The zero-order chi connectivity index (χ0) is 12.4. The summed E-state index contributed by atoms with van der Waals surface area (Å²) in [5, 5.41) is 13.5. The molecule has 0 aliphatic heterocycles. The fourth-order valence-corrected chi connectivity index (χ4v) is 1.81. The maximum Gasteiger partial charge on any atom is 0.339 e. The summed E-state index contributed by atoms with van der Waals surface area (Å²) in [6.07, 6.45) is 3.43. The molecule has 0 aliphatic carbocycles. The fourth-order valence-electron chi connectivity index (χ4n) is 1.61. The Hall–Kier alpha value is -1.88. The third-order valence-corrected chi connectivity index (χ3v) is 2.67. The van der Waals surface area contributed by atoms with Gasteiger partial charge in [0.1, 0.15) is 5.56 Å². The third-order valence-electron chi connectivity index (χ3n) is 2.37. The van der Waals surface area contributed by atoms with Crippen molar-refractivity contribution in [2.45, 2.75) is 13.3 Å². The Bertz CT molecular complexity index is 566. The summed E-state index contributed by atoms with van der Waals surface area (Å²) in [6.45, 7) is 1.86. The average molecular weight is 252 g/mol. The van der Waals surface area contributed by atoms with Crippen LogP contribution in [0.5, 0.6) is 0 Å². The molecule has 0 saturated heterocycles. The molecule has 17 heavy (non-hydrogen) atoms. The normalized spacial score (nSPS) is 10.5. The molecule has 0 amide bonds. The highest BCUT2D eigenvalue weighted by Crippen LogP contribution is 2.20. The average Bonchev–Trinajstić information content (AvgIpc) is 2.73. The number of pyridine rings is 1. The van der Waals surface area contributed by atoms with Gasteiger partial charge in [-0.1, -0.05) is 18.5 Å². The molecule has 0 aliphatic rings. The zero-order valence-electron chi connectivity index (χ0n) is 9.09. The number of nitrogens with zero attached hydrogens (tertiary/aromatic N) is 3. The molecule has 0 radical (unpaired) electrons. The van der Waals surface area contributed by atoms with Crippen LogP contribution in [0.1, 0.15) is 23.0 Å². The standard InChI is InChI=1S/C11H10ClN3O2/c1-2-9-7(11(16)17)6-14-15(9)10-8(12)4-3-5-13-10/h3-6H,2H2,1H3,(H,16,17). The summed E-state index contributed by atoms with van der Waals surface area (Å²) < 4.78 is 1.46. The van der Waals surface area contributed by atoms with Crippen molar-refractivity contribution in [2.24, 2.45) is 0 Å². The maximum atomic E-state index is 11.0. The summed E-state index contributed by atoms with van der Waals surface area (Å²) in [7, 11) is 0. The molecule has 0 unspecified atom stereocenters. The first kappa shape index (κ1) is 11.6. The Labute approximate surface area is 103 Å². The Morgan fingerprint density at radius 1 is 1.59 bits per heavy atom. The van der Waals surface area contributed by atoms with Crippen LogP contribution in [0.15, 0.2) is 24.5 Å². The van der Waals surface area contributed by atoms with E-state index < -0.39 is 5.97 Å². The van der Waals surface area contributed by atoms with Gasteiger partial charge in [-0.2, -0.15) is 5.10 Å². The minimum Gasteiger partial charge on any atom is -0.478 e. The summed E-state index contributed by atoms with van der Waals surface area (Å²) in [6, 6.07) is 3.39. The second-order valence-corrected chi connectivity index (χ2v) is 3.79.